The first-order valence-electron chi connectivity index (χ1n) is 6.77. The lowest BCUT2D eigenvalue weighted by Crippen LogP contribution is -2.18. The molecule has 0 aromatic carbocycles. The third-order valence-corrected chi connectivity index (χ3v) is 4.68. The van der Waals surface area contributed by atoms with Gasteiger partial charge in [-0.05, 0) is 20.8 Å². The Bertz CT molecular complexity index is 650. The largest absolute Gasteiger partial charge is 0.465 e. The highest BCUT2D eigenvalue weighted by Gasteiger charge is 2.22. The first-order chi connectivity index (χ1) is 10.0. The molecule has 0 fully saturated rings. The number of hydrogen-bond donors (Lipinski definition) is 0. The number of rotatable bonds is 6. The van der Waals surface area contributed by atoms with Crippen LogP contribution in [-0.4, -0.2) is 35.3 Å². The van der Waals surface area contributed by atoms with Gasteiger partial charge in [0, 0.05) is 12.2 Å². The van der Waals surface area contributed by atoms with Crippen LogP contribution in [0, 0.1) is 6.92 Å². The molecule has 0 amide bonds. The summed E-state index contributed by atoms with van der Waals surface area (Å²) in [6.07, 6.45) is 0.0512. The summed E-state index contributed by atoms with van der Waals surface area (Å²) < 4.78 is 12.5. The van der Waals surface area contributed by atoms with Gasteiger partial charge in [-0.2, -0.15) is 0 Å². The Morgan fingerprint density at radius 3 is 2.81 bits per heavy atom. The van der Waals surface area contributed by atoms with Crippen molar-refractivity contribution in [2.24, 2.45) is 0 Å². The van der Waals surface area contributed by atoms with Crippen LogP contribution in [0.25, 0.3) is 10.3 Å². The van der Waals surface area contributed by atoms with Crippen LogP contribution in [-0.2, 0) is 21.9 Å². The number of alkyl halides is 1. The molecule has 0 aliphatic heterocycles. The lowest BCUT2D eigenvalue weighted by atomic mass is 10.2. The number of imidazole rings is 1. The smallest absolute Gasteiger partial charge is 0.348 e. The first-order valence-corrected chi connectivity index (χ1v) is 8.12. The molecule has 0 aliphatic rings. The monoisotopic (exact) mass is 330 g/mol. The normalized spacial score (nSPS) is 12.8. The predicted octanol–water partition coefficient (Wildman–Crippen LogP) is 3.36. The van der Waals surface area contributed by atoms with Crippen molar-refractivity contribution in [3.8, 4) is 0 Å². The third kappa shape index (κ3) is 3.07. The van der Waals surface area contributed by atoms with Gasteiger partial charge in [-0.1, -0.05) is 0 Å². The molecule has 116 valence electrons. The Labute approximate surface area is 132 Å². The van der Waals surface area contributed by atoms with Crippen LogP contribution >= 0.6 is 22.9 Å². The molecule has 5 nitrogen and oxygen atoms in total. The highest BCUT2D eigenvalue weighted by atomic mass is 35.5. The summed E-state index contributed by atoms with van der Waals surface area (Å²) in [5, 5.41) is 0. The number of fused-ring (bicyclic) bond motifs is 1. The second-order valence-electron chi connectivity index (χ2n) is 4.74. The average molecular weight is 331 g/mol. The van der Waals surface area contributed by atoms with E-state index in [-0.39, 0.29) is 12.1 Å². The summed E-state index contributed by atoms with van der Waals surface area (Å²) in [7, 11) is 1.38. The van der Waals surface area contributed by atoms with Crippen molar-refractivity contribution in [2.45, 2.75) is 39.3 Å². The van der Waals surface area contributed by atoms with Gasteiger partial charge in [0.05, 0.1) is 31.2 Å². The van der Waals surface area contributed by atoms with Gasteiger partial charge in [-0.15, -0.1) is 22.9 Å². The summed E-state index contributed by atoms with van der Waals surface area (Å²) in [6.45, 7) is 7.20. The second-order valence-corrected chi connectivity index (χ2v) is 6.01. The van der Waals surface area contributed by atoms with E-state index in [0.717, 1.165) is 21.7 Å². The Morgan fingerprint density at radius 1 is 1.52 bits per heavy atom. The van der Waals surface area contributed by atoms with Crippen LogP contribution in [0.1, 0.15) is 34.9 Å². The maximum atomic E-state index is 11.8. The standard InChI is InChI=1S/C14H19ClN2O3S/c1-5-20-8(2)7-17-10(6-15)16-13-11(17)9(3)12(21-13)14(18)19-4/h8H,5-7H2,1-4H3/t8-/m0/s1. The summed E-state index contributed by atoms with van der Waals surface area (Å²) in [6, 6.07) is 0. The van der Waals surface area contributed by atoms with E-state index in [1.807, 2.05) is 25.3 Å². The molecular formula is C14H19ClN2O3S. The van der Waals surface area contributed by atoms with Crippen molar-refractivity contribution in [3.63, 3.8) is 0 Å². The maximum Gasteiger partial charge on any atom is 0.348 e. The molecule has 0 radical (unpaired) electrons. The van der Waals surface area contributed by atoms with E-state index in [4.69, 9.17) is 21.1 Å². The lowest BCUT2D eigenvalue weighted by molar-refractivity contribution is 0.0605. The van der Waals surface area contributed by atoms with Gasteiger partial charge in [0.25, 0.3) is 0 Å². The highest BCUT2D eigenvalue weighted by Crippen LogP contribution is 2.32. The Balaban J connectivity index is 2.50. The minimum atomic E-state index is -0.327. The van der Waals surface area contributed by atoms with Crippen LogP contribution in [0.2, 0.25) is 0 Å². The molecule has 0 aliphatic carbocycles. The summed E-state index contributed by atoms with van der Waals surface area (Å²) in [5.41, 5.74) is 1.83. The Morgan fingerprint density at radius 2 is 2.24 bits per heavy atom. The van der Waals surface area contributed by atoms with E-state index in [9.17, 15) is 4.79 Å². The van der Waals surface area contributed by atoms with Crippen molar-refractivity contribution in [1.82, 2.24) is 9.55 Å². The second kappa shape index (κ2) is 6.77. The van der Waals surface area contributed by atoms with E-state index in [0.29, 0.717) is 23.9 Å². The first kappa shape index (κ1) is 16.3. The summed E-state index contributed by atoms with van der Waals surface area (Å²) >= 11 is 7.33. The van der Waals surface area contributed by atoms with E-state index in [2.05, 4.69) is 4.98 Å². The third-order valence-electron chi connectivity index (χ3n) is 3.29. The number of carbonyl (C=O) groups is 1. The minimum absolute atomic E-state index is 0.0512. The van der Waals surface area contributed by atoms with Crippen LogP contribution < -0.4 is 0 Å². The van der Waals surface area contributed by atoms with Gasteiger partial charge in [0.2, 0.25) is 0 Å². The van der Waals surface area contributed by atoms with Crippen molar-refractivity contribution in [2.75, 3.05) is 13.7 Å². The fourth-order valence-corrected chi connectivity index (χ4v) is 3.70. The van der Waals surface area contributed by atoms with E-state index < -0.39 is 0 Å². The zero-order valence-electron chi connectivity index (χ0n) is 12.6. The number of ether oxygens (including phenoxy) is 2. The number of halogens is 1. The molecule has 0 saturated heterocycles. The fourth-order valence-electron chi connectivity index (χ4n) is 2.37. The maximum absolute atomic E-state index is 11.8. The molecule has 1 atom stereocenters. The SMILES string of the molecule is CCO[C@@H](C)Cn1c(CCl)nc2sc(C(=O)OC)c(C)c21. The van der Waals surface area contributed by atoms with Crippen molar-refractivity contribution < 1.29 is 14.3 Å². The molecule has 2 heterocycles. The van der Waals surface area contributed by atoms with Crippen molar-refractivity contribution in [3.05, 3.63) is 16.3 Å². The van der Waals surface area contributed by atoms with Crippen LogP contribution in [0.15, 0.2) is 0 Å². The minimum Gasteiger partial charge on any atom is -0.465 e. The van der Waals surface area contributed by atoms with Crippen molar-refractivity contribution >= 4 is 39.3 Å². The quantitative estimate of drug-likeness (QED) is 0.602. The van der Waals surface area contributed by atoms with Crippen LogP contribution in [0.5, 0.6) is 0 Å². The lowest BCUT2D eigenvalue weighted by Gasteiger charge is -2.15. The molecule has 0 spiro atoms. The number of hydrogen-bond acceptors (Lipinski definition) is 5. The van der Waals surface area contributed by atoms with E-state index in [1.54, 1.807) is 0 Å². The molecule has 2 rings (SSSR count). The van der Waals surface area contributed by atoms with E-state index >= 15 is 0 Å². The Kier molecular flexibility index (Phi) is 5.24. The summed E-state index contributed by atoms with van der Waals surface area (Å²) in [4.78, 5) is 17.7. The zero-order chi connectivity index (χ0) is 15.6. The number of thiophene rings is 1. The van der Waals surface area contributed by atoms with Crippen LogP contribution in [0.3, 0.4) is 0 Å². The van der Waals surface area contributed by atoms with Gasteiger partial charge in [0.1, 0.15) is 15.5 Å². The summed E-state index contributed by atoms with van der Waals surface area (Å²) in [5.74, 6) is 0.795. The van der Waals surface area contributed by atoms with E-state index in [1.165, 1.54) is 18.4 Å². The van der Waals surface area contributed by atoms with Gasteiger partial charge >= 0.3 is 5.97 Å². The number of nitrogens with zero attached hydrogens (tertiary/aromatic N) is 2. The molecular weight excluding hydrogens is 312 g/mol. The predicted molar refractivity (Wildman–Crippen MR) is 84.3 cm³/mol. The zero-order valence-corrected chi connectivity index (χ0v) is 14.2. The number of carbonyl (C=O) groups excluding carboxylic acids is 1. The topological polar surface area (TPSA) is 53.4 Å². The number of aromatic nitrogens is 2. The fraction of sp³-hybridized carbons (Fsp3) is 0.571. The highest BCUT2D eigenvalue weighted by molar-refractivity contribution is 7.20. The van der Waals surface area contributed by atoms with Gasteiger partial charge in [0.15, 0.2) is 0 Å². The van der Waals surface area contributed by atoms with Crippen LogP contribution in [0.4, 0.5) is 0 Å². The molecule has 21 heavy (non-hydrogen) atoms. The Hall–Kier alpha value is -1.11. The molecule has 0 unspecified atom stereocenters. The van der Waals surface area contributed by atoms with Gasteiger partial charge in [-0.25, -0.2) is 9.78 Å². The number of aryl methyl sites for hydroxylation is 1. The molecule has 2 aromatic heterocycles. The number of esters is 1. The molecule has 7 heteroatoms. The molecule has 0 bridgehead atoms. The molecule has 2 aromatic rings. The number of methoxy groups -OCH3 is 1. The van der Waals surface area contributed by atoms with Gasteiger partial charge in [-0.3, -0.25) is 0 Å². The average Bonchev–Trinajstić information content (AvgIpc) is 2.96. The van der Waals surface area contributed by atoms with Gasteiger partial charge < -0.3 is 14.0 Å². The van der Waals surface area contributed by atoms with Crippen molar-refractivity contribution in [1.29, 1.82) is 0 Å². The molecule has 0 N–H and O–H groups in total. The molecule has 0 saturated carbocycles.